The van der Waals surface area contributed by atoms with E-state index in [1.807, 2.05) is 31.2 Å². The Morgan fingerprint density at radius 1 is 1.22 bits per heavy atom. The van der Waals surface area contributed by atoms with E-state index in [1.165, 1.54) is 12.3 Å². The van der Waals surface area contributed by atoms with E-state index in [1.54, 1.807) is 12.1 Å². The number of aryl methyl sites for hydroxylation is 1. The molecular formula is C14H12BrFN2. The Morgan fingerprint density at radius 3 is 2.72 bits per heavy atom. The summed E-state index contributed by atoms with van der Waals surface area (Å²) in [6.45, 7) is 1.98. The van der Waals surface area contributed by atoms with Crippen molar-refractivity contribution >= 4 is 27.8 Å². The number of rotatable bonds is 3. The number of nitrogens with one attached hydrogen (secondary N) is 1. The van der Waals surface area contributed by atoms with Crippen LogP contribution in [0.25, 0.3) is 0 Å². The molecule has 0 saturated carbocycles. The molecule has 0 atom stereocenters. The Bertz CT molecular complexity index is 582. The van der Waals surface area contributed by atoms with E-state index in [9.17, 15) is 4.39 Å². The fourth-order valence-corrected chi connectivity index (χ4v) is 1.81. The highest BCUT2D eigenvalue weighted by Gasteiger charge is 1.99. The van der Waals surface area contributed by atoms with Crippen LogP contribution < -0.4 is 5.43 Å². The minimum Gasteiger partial charge on any atom is -0.278 e. The van der Waals surface area contributed by atoms with Crippen LogP contribution in [0.5, 0.6) is 0 Å². The van der Waals surface area contributed by atoms with Gasteiger partial charge in [0.05, 0.1) is 11.9 Å². The SMILES string of the molecule is Cc1ccccc1N/N=C\c1ccc(Br)cc1F. The van der Waals surface area contributed by atoms with Gasteiger partial charge in [0.2, 0.25) is 0 Å². The van der Waals surface area contributed by atoms with E-state index >= 15 is 0 Å². The van der Waals surface area contributed by atoms with Crippen LogP contribution >= 0.6 is 15.9 Å². The lowest BCUT2D eigenvalue weighted by Gasteiger charge is -2.03. The smallest absolute Gasteiger partial charge is 0.133 e. The Hall–Kier alpha value is -1.68. The van der Waals surface area contributed by atoms with Crippen molar-refractivity contribution < 1.29 is 4.39 Å². The summed E-state index contributed by atoms with van der Waals surface area (Å²) < 4.78 is 14.2. The van der Waals surface area contributed by atoms with Gasteiger partial charge in [0.25, 0.3) is 0 Å². The number of para-hydroxylation sites is 1. The van der Waals surface area contributed by atoms with E-state index in [0.29, 0.717) is 10.0 Å². The van der Waals surface area contributed by atoms with Gasteiger partial charge in [-0.25, -0.2) is 4.39 Å². The minimum atomic E-state index is -0.306. The molecule has 1 N–H and O–H groups in total. The number of hydrogen-bond donors (Lipinski definition) is 1. The lowest BCUT2D eigenvalue weighted by molar-refractivity contribution is 0.625. The van der Waals surface area contributed by atoms with Crippen molar-refractivity contribution in [2.75, 3.05) is 5.43 Å². The first kappa shape index (κ1) is 12.8. The van der Waals surface area contributed by atoms with Crippen molar-refractivity contribution in [3.8, 4) is 0 Å². The highest BCUT2D eigenvalue weighted by atomic mass is 79.9. The first-order chi connectivity index (χ1) is 8.66. The average Bonchev–Trinajstić information content (AvgIpc) is 2.34. The van der Waals surface area contributed by atoms with Crippen LogP contribution in [-0.4, -0.2) is 6.21 Å². The van der Waals surface area contributed by atoms with Crippen molar-refractivity contribution in [1.82, 2.24) is 0 Å². The van der Waals surface area contributed by atoms with Gasteiger partial charge >= 0.3 is 0 Å². The predicted molar refractivity (Wildman–Crippen MR) is 76.5 cm³/mol. The molecule has 0 spiro atoms. The van der Waals surface area contributed by atoms with Crippen LogP contribution in [0.1, 0.15) is 11.1 Å². The molecule has 2 rings (SSSR count). The zero-order chi connectivity index (χ0) is 13.0. The number of nitrogens with zero attached hydrogens (tertiary/aromatic N) is 1. The van der Waals surface area contributed by atoms with Crippen LogP contribution in [0.3, 0.4) is 0 Å². The summed E-state index contributed by atoms with van der Waals surface area (Å²) >= 11 is 3.21. The molecule has 0 aliphatic carbocycles. The molecule has 2 aromatic rings. The maximum absolute atomic E-state index is 13.5. The molecule has 4 heteroatoms. The van der Waals surface area contributed by atoms with Gasteiger partial charge in [-0.05, 0) is 36.8 Å². The molecule has 0 aromatic heterocycles. The third kappa shape index (κ3) is 3.17. The number of benzene rings is 2. The van der Waals surface area contributed by atoms with Gasteiger partial charge in [-0.3, -0.25) is 5.43 Å². The molecule has 2 aromatic carbocycles. The summed E-state index contributed by atoms with van der Waals surface area (Å²) in [5.74, 6) is -0.306. The molecular weight excluding hydrogens is 295 g/mol. The normalized spacial score (nSPS) is 10.8. The Morgan fingerprint density at radius 2 is 2.00 bits per heavy atom. The van der Waals surface area contributed by atoms with Crippen LogP contribution in [0, 0.1) is 12.7 Å². The second-order valence-electron chi connectivity index (χ2n) is 3.85. The lowest BCUT2D eigenvalue weighted by atomic mass is 10.2. The van der Waals surface area contributed by atoms with Crippen LogP contribution in [0.15, 0.2) is 52.0 Å². The molecule has 92 valence electrons. The number of hydrazone groups is 1. The van der Waals surface area contributed by atoms with Crippen molar-refractivity contribution in [2.24, 2.45) is 5.10 Å². The van der Waals surface area contributed by atoms with Gasteiger partial charge in [-0.2, -0.15) is 5.10 Å². The summed E-state index contributed by atoms with van der Waals surface area (Å²) in [5, 5.41) is 4.03. The van der Waals surface area contributed by atoms with E-state index in [2.05, 4.69) is 26.5 Å². The van der Waals surface area contributed by atoms with E-state index in [4.69, 9.17) is 0 Å². The summed E-state index contributed by atoms with van der Waals surface area (Å²) in [5.41, 5.74) is 5.34. The standard InChI is InChI=1S/C14H12BrFN2/c1-10-4-2-3-5-14(10)18-17-9-11-6-7-12(15)8-13(11)16/h2-9,18H,1H3/b17-9-. The predicted octanol–water partition coefficient (Wildman–Crippen LogP) is 4.34. The minimum absolute atomic E-state index is 0.306. The van der Waals surface area contributed by atoms with Gasteiger partial charge in [-0.1, -0.05) is 34.1 Å². The van der Waals surface area contributed by atoms with Gasteiger partial charge in [0.15, 0.2) is 0 Å². The lowest BCUT2D eigenvalue weighted by Crippen LogP contribution is -1.94. The maximum Gasteiger partial charge on any atom is 0.133 e. The molecule has 0 heterocycles. The second-order valence-corrected chi connectivity index (χ2v) is 4.77. The summed E-state index contributed by atoms with van der Waals surface area (Å²) in [6.07, 6.45) is 1.47. The molecule has 0 fully saturated rings. The zero-order valence-corrected chi connectivity index (χ0v) is 11.4. The fraction of sp³-hybridized carbons (Fsp3) is 0.0714. The topological polar surface area (TPSA) is 24.4 Å². The third-order valence-corrected chi connectivity index (χ3v) is 2.99. The molecule has 0 unspecified atom stereocenters. The van der Waals surface area contributed by atoms with E-state index in [0.717, 1.165) is 11.3 Å². The van der Waals surface area contributed by atoms with Crippen molar-refractivity contribution in [3.63, 3.8) is 0 Å². The molecule has 18 heavy (non-hydrogen) atoms. The fourth-order valence-electron chi connectivity index (χ4n) is 1.48. The molecule has 0 aliphatic rings. The van der Waals surface area contributed by atoms with Gasteiger partial charge in [0, 0.05) is 10.0 Å². The first-order valence-corrected chi connectivity index (χ1v) is 6.26. The van der Waals surface area contributed by atoms with Gasteiger partial charge in [0.1, 0.15) is 5.82 Å². The largest absolute Gasteiger partial charge is 0.278 e. The second kappa shape index (κ2) is 5.78. The van der Waals surface area contributed by atoms with Crippen LogP contribution in [0.4, 0.5) is 10.1 Å². The quantitative estimate of drug-likeness (QED) is 0.662. The van der Waals surface area contributed by atoms with Crippen molar-refractivity contribution in [3.05, 3.63) is 63.9 Å². The highest BCUT2D eigenvalue weighted by molar-refractivity contribution is 9.10. The Labute approximate surface area is 114 Å². The maximum atomic E-state index is 13.5. The van der Waals surface area contributed by atoms with Crippen LogP contribution in [0.2, 0.25) is 0 Å². The highest BCUT2D eigenvalue weighted by Crippen LogP contribution is 2.15. The summed E-state index contributed by atoms with van der Waals surface area (Å²) in [4.78, 5) is 0. The van der Waals surface area contributed by atoms with E-state index in [-0.39, 0.29) is 5.82 Å². The molecule has 0 amide bonds. The summed E-state index contributed by atoms with van der Waals surface area (Å²) in [7, 11) is 0. The Kier molecular flexibility index (Phi) is 4.10. The molecule has 0 bridgehead atoms. The van der Waals surface area contributed by atoms with Gasteiger partial charge in [-0.15, -0.1) is 0 Å². The zero-order valence-electron chi connectivity index (χ0n) is 9.82. The first-order valence-electron chi connectivity index (χ1n) is 5.46. The van der Waals surface area contributed by atoms with Crippen molar-refractivity contribution in [1.29, 1.82) is 0 Å². The van der Waals surface area contributed by atoms with E-state index < -0.39 is 0 Å². The summed E-state index contributed by atoms with van der Waals surface area (Å²) in [6, 6.07) is 12.6. The third-order valence-electron chi connectivity index (χ3n) is 2.50. The molecule has 2 nitrogen and oxygen atoms in total. The monoisotopic (exact) mass is 306 g/mol. The van der Waals surface area contributed by atoms with Crippen LogP contribution in [-0.2, 0) is 0 Å². The number of halogens is 2. The molecule has 0 aliphatic heterocycles. The molecule has 0 radical (unpaired) electrons. The van der Waals surface area contributed by atoms with Crippen molar-refractivity contribution in [2.45, 2.75) is 6.92 Å². The Balaban J connectivity index is 2.10. The number of anilines is 1. The molecule has 0 saturated heterocycles. The van der Waals surface area contributed by atoms with Gasteiger partial charge < -0.3 is 0 Å². The average molecular weight is 307 g/mol. The number of hydrogen-bond acceptors (Lipinski definition) is 2.